The number of benzene rings is 2. The Kier molecular flexibility index (Phi) is 4.45. The highest BCUT2D eigenvalue weighted by molar-refractivity contribution is 7.98. The van der Waals surface area contributed by atoms with Crippen LogP contribution in [0.4, 0.5) is 4.39 Å². The summed E-state index contributed by atoms with van der Waals surface area (Å²) in [6, 6.07) is 11.4. The Morgan fingerprint density at radius 2 is 1.95 bits per heavy atom. The van der Waals surface area contributed by atoms with Crippen molar-refractivity contribution < 1.29 is 14.3 Å². The Labute approximate surface area is 119 Å². The minimum atomic E-state index is -0.991. The van der Waals surface area contributed by atoms with Crippen molar-refractivity contribution in [3.63, 3.8) is 0 Å². The molecule has 19 heavy (non-hydrogen) atoms. The molecule has 0 fully saturated rings. The Morgan fingerprint density at radius 1 is 1.21 bits per heavy atom. The molecule has 2 rings (SSSR count). The molecule has 0 heterocycles. The third-order valence-corrected chi connectivity index (χ3v) is 3.95. The van der Waals surface area contributed by atoms with Gasteiger partial charge in [0.15, 0.2) is 0 Å². The van der Waals surface area contributed by atoms with Crippen LogP contribution in [-0.4, -0.2) is 11.1 Å². The van der Waals surface area contributed by atoms with E-state index < -0.39 is 11.8 Å². The predicted octanol–water partition coefficient (Wildman–Crippen LogP) is 4.47. The molecule has 0 aromatic heterocycles. The maximum absolute atomic E-state index is 13.7. The van der Waals surface area contributed by atoms with Crippen molar-refractivity contribution in [1.82, 2.24) is 0 Å². The number of hydrogen-bond donors (Lipinski definition) is 1. The Hall–Kier alpha value is -1.52. The highest BCUT2D eigenvalue weighted by Gasteiger charge is 2.11. The van der Waals surface area contributed by atoms with Crippen LogP contribution in [0.3, 0.4) is 0 Å². The number of hydrogen-bond acceptors (Lipinski definition) is 2. The fourth-order valence-corrected chi connectivity index (χ4v) is 2.80. The zero-order valence-electron chi connectivity index (χ0n) is 9.77. The smallest absolute Gasteiger partial charge is 0.336 e. The van der Waals surface area contributed by atoms with Gasteiger partial charge in [0.1, 0.15) is 5.82 Å². The molecule has 0 saturated carbocycles. The number of carboxylic acids is 1. The lowest BCUT2D eigenvalue weighted by atomic mass is 10.2. The molecule has 5 heteroatoms. The zero-order chi connectivity index (χ0) is 13.8. The van der Waals surface area contributed by atoms with Crippen LogP contribution in [0.2, 0.25) is 5.02 Å². The number of halogens is 2. The predicted molar refractivity (Wildman–Crippen MR) is 74.4 cm³/mol. The third kappa shape index (κ3) is 3.28. The van der Waals surface area contributed by atoms with Crippen LogP contribution in [0.5, 0.6) is 0 Å². The molecule has 0 aliphatic carbocycles. The summed E-state index contributed by atoms with van der Waals surface area (Å²) < 4.78 is 13.7. The molecule has 0 saturated heterocycles. The molecule has 0 atom stereocenters. The van der Waals surface area contributed by atoms with Crippen molar-refractivity contribution in [2.24, 2.45) is 0 Å². The van der Waals surface area contributed by atoms with Gasteiger partial charge >= 0.3 is 5.97 Å². The summed E-state index contributed by atoms with van der Waals surface area (Å²) >= 11 is 6.97. The van der Waals surface area contributed by atoms with E-state index in [2.05, 4.69) is 0 Å². The van der Waals surface area contributed by atoms with E-state index in [1.54, 1.807) is 30.3 Å². The van der Waals surface area contributed by atoms with Gasteiger partial charge in [-0.25, -0.2) is 9.18 Å². The van der Waals surface area contributed by atoms with Gasteiger partial charge in [-0.05, 0) is 23.8 Å². The van der Waals surface area contributed by atoms with E-state index in [-0.39, 0.29) is 10.6 Å². The molecule has 98 valence electrons. The Morgan fingerprint density at radius 3 is 2.68 bits per heavy atom. The maximum Gasteiger partial charge on any atom is 0.336 e. The summed E-state index contributed by atoms with van der Waals surface area (Å²) in [7, 11) is 0. The van der Waals surface area contributed by atoms with Gasteiger partial charge in [0.25, 0.3) is 0 Å². The molecule has 2 aromatic carbocycles. The summed E-state index contributed by atoms with van der Waals surface area (Å²) in [6.45, 7) is 0. The lowest BCUT2D eigenvalue weighted by Gasteiger charge is -2.07. The van der Waals surface area contributed by atoms with Gasteiger partial charge < -0.3 is 5.11 Å². The highest BCUT2D eigenvalue weighted by atomic mass is 35.5. The largest absolute Gasteiger partial charge is 0.478 e. The van der Waals surface area contributed by atoms with Crippen molar-refractivity contribution >= 4 is 29.3 Å². The van der Waals surface area contributed by atoms with Crippen LogP contribution >= 0.6 is 23.4 Å². The van der Waals surface area contributed by atoms with Crippen LogP contribution < -0.4 is 0 Å². The second-order valence-electron chi connectivity index (χ2n) is 3.80. The Balaban J connectivity index is 2.19. The lowest BCUT2D eigenvalue weighted by Crippen LogP contribution is -1.98. The minimum absolute atomic E-state index is 0.0737. The number of aromatic carboxylic acids is 1. The minimum Gasteiger partial charge on any atom is -0.478 e. The normalized spacial score (nSPS) is 10.4. The first-order chi connectivity index (χ1) is 9.09. The van der Waals surface area contributed by atoms with Crippen molar-refractivity contribution in [3.8, 4) is 0 Å². The molecular weight excluding hydrogens is 287 g/mol. The first kappa shape index (κ1) is 13.9. The Bertz CT molecular complexity index is 616. The number of rotatable bonds is 4. The van der Waals surface area contributed by atoms with Crippen LogP contribution in [0.1, 0.15) is 15.9 Å². The molecular formula is C14H10ClFO2S. The summed E-state index contributed by atoms with van der Waals surface area (Å²) in [5.74, 6) is -1.12. The molecule has 0 amide bonds. The van der Waals surface area contributed by atoms with Gasteiger partial charge in [-0.2, -0.15) is 0 Å². The number of carbonyl (C=O) groups is 1. The SMILES string of the molecule is O=C(O)c1ccccc1SCc1cccc(Cl)c1F. The monoisotopic (exact) mass is 296 g/mol. The van der Waals surface area contributed by atoms with Gasteiger partial charge in [-0.1, -0.05) is 35.9 Å². The zero-order valence-corrected chi connectivity index (χ0v) is 11.3. The summed E-state index contributed by atoms with van der Waals surface area (Å²) in [5, 5.41) is 9.13. The van der Waals surface area contributed by atoms with Crippen molar-refractivity contribution in [2.45, 2.75) is 10.6 Å². The number of carboxylic acid groups (broad SMARTS) is 1. The molecule has 2 aromatic rings. The van der Waals surface area contributed by atoms with E-state index in [0.29, 0.717) is 16.2 Å². The molecule has 0 bridgehead atoms. The molecule has 0 aliphatic rings. The van der Waals surface area contributed by atoms with E-state index in [1.165, 1.54) is 23.9 Å². The van der Waals surface area contributed by atoms with Crippen molar-refractivity contribution in [3.05, 3.63) is 64.4 Å². The number of thioether (sulfide) groups is 1. The van der Waals surface area contributed by atoms with Crippen LogP contribution in [0.25, 0.3) is 0 Å². The van der Waals surface area contributed by atoms with Crippen LogP contribution in [0.15, 0.2) is 47.4 Å². The fraction of sp³-hybridized carbons (Fsp3) is 0.0714. The summed E-state index contributed by atoms with van der Waals surface area (Å²) in [5.41, 5.74) is 0.674. The van der Waals surface area contributed by atoms with Crippen LogP contribution in [-0.2, 0) is 5.75 Å². The summed E-state index contributed by atoms with van der Waals surface area (Å²) in [4.78, 5) is 11.7. The van der Waals surface area contributed by atoms with E-state index in [9.17, 15) is 9.18 Å². The lowest BCUT2D eigenvalue weighted by molar-refractivity contribution is 0.0693. The first-order valence-electron chi connectivity index (χ1n) is 5.47. The fourth-order valence-electron chi connectivity index (χ4n) is 1.58. The molecule has 0 unspecified atom stereocenters. The van der Waals surface area contributed by atoms with Gasteiger partial charge in [-0.3, -0.25) is 0 Å². The van der Waals surface area contributed by atoms with Crippen molar-refractivity contribution in [2.75, 3.05) is 0 Å². The van der Waals surface area contributed by atoms with Gasteiger partial charge in [0.2, 0.25) is 0 Å². The van der Waals surface area contributed by atoms with Gasteiger partial charge in [0, 0.05) is 10.6 Å². The first-order valence-corrected chi connectivity index (χ1v) is 6.84. The van der Waals surface area contributed by atoms with E-state index in [0.717, 1.165) is 0 Å². The second-order valence-corrected chi connectivity index (χ2v) is 5.23. The van der Waals surface area contributed by atoms with E-state index in [1.807, 2.05) is 0 Å². The third-order valence-electron chi connectivity index (χ3n) is 2.53. The summed E-state index contributed by atoms with van der Waals surface area (Å²) in [6.07, 6.45) is 0. The van der Waals surface area contributed by atoms with E-state index >= 15 is 0 Å². The highest BCUT2D eigenvalue weighted by Crippen LogP contribution is 2.28. The van der Waals surface area contributed by atoms with Crippen LogP contribution in [0, 0.1) is 5.82 Å². The molecule has 0 radical (unpaired) electrons. The standard InChI is InChI=1S/C14H10ClFO2S/c15-11-6-3-4-9(13(11)16)8-19-12-7-2-1-5-10(12)14(17)18/h1-7H,8H2,(H,17,18). The molecule has 2 nitrogen and oxygen atoms in total. The molecule has 0 aliphatic heterocycles. The average molecular weight is 297 g/mol. The van der Waals surface area contributed by atoms with Crippen molar-refractivity contribution in [1.29, 1.82) is 0 Å². The quantitative estimate of drug-likeness (QED) is 0.846. The second kappa shape index (κ2) is 6.08. The average Bonchev–Trinajstić information content (AvgIpc) is 2.40. The van der Waals surface area contributed by atoms with Gasteiger partial charge in [-0.15, -0.1) is 11.8 Å². The maximum atomic E-state index is 13.7. The topological polar surface area (TPSA) is 37.3 Å². The molecule has 1 N–H and O–H groups in total. The van der Waals surface area contributed by atoms with E-state index in [4.69, 9.17) is 16.7 Å². The van der Waals surface area contributed by atoms with Gasteiger partial charge in [0.05, 0.1) is 10.6 Å². The molecule has 0 spiro atoms.